The highest BCUT2D eigenvalue weighted by Crippen LogP contribution is 2.35. The van der Waals surface area contributed by atoms with Crippen LogP contribution in [0.3, 0.4) is 0 Å². The van der Waals surface area contributed by atoms with E-state index in [1.807, 2.05) is 11.8 Å². The van der Waals surface area contributed by atoms with Crippen LogP contribution in [0.15, 0.2) is 0 Å². The average molecular weight is 269 g/mol. The highest BCUT2D eigenvalue weighted by molar-refractivity contribution is 5.78. The van der Waals surface area contributed by atoms with Crippen molar-refractivity contribution in [2.45, 2.75) is 39.0 Å². The summed E-state index contributed by atoms with van der Waals surface area (Å²) in [5, 5.41) is 9.32. The number of carboxylic acids is 1. The number of ether oxygens (including phenoxy) is 1. The highest BCUT2D eigenvalue weighted by atomic mass is 16.5. The minimum absolute atomic E-state index is 0.158. The molecule has 1 atom stereocenters. The summed E-state index contributed by atoms with van der Waals surface area (Å²) in [5.41, 5.74) is -0.618. The number of rotatable bonds is 4. The Kier molecular flexibility index (Phi) is 4.45. The molecule has 0 radical (unpaired) electrons. The first-order valence-electron chi connectivity index (χ1n) is 7.16. The second-order valence-electron chi connectivity index (χ2n) is 5.75. The van der Waals surface area contributed by atoms with Crippen molar-refractivity contribution in [3.05, 3.63) is 0 Å². The predicted octanol–water partition coefficient (Wildman–Crippen LogP) is 1.52. The molecule has 1 N–H and O–H groups in total. The number of amides is 1. The van der Waals surface area contributed by atoms with Gasteiger partial charge in [-0.2, -0.15) is 0 Å². The molecule has 1 amide bonds. The minimum Gasteiger partial charge on any atom is -0.481 e. The van der Waals surface area contributed by atoms with Crippen molar-refractivity contribution in [1.29, 1.82) is 0 Å². The summed E-state index contributed by atoms with van der Waals surface area (Å²) in [6.07, 6.45) is 3.30. The molecule has 19 heavy (non-hydrogen) atoms. The third-order valence-electron chi connectivity index (χ3n) is 4.69. The van der Waals surface area contributed by atoms with Gasteiger partial charge in [-0.05, 0) is 31.6 Å². The highest BCUT2D eigenvalue weighted by Gasteiger charge is 2.40. The molecule has 0 aromatic rings. The van der Waals surface area contributed by atoms with Crippen molar-refractivity contribution in [2.75, 3.05) is 26.3 Å². The van der Waals surface area contributed by atoms with Crippen molar-refractivity contribution in [3.8, 4) is 0 Å². The third-order valence-corrected chi connectivity index (χ3v) is 4.69. The monoisotopic (exact) mass is 269 g/mol. The molecule has 2 aliphatic rings. The molecule has 0 spiro atoms. The summed E-state index contributed by atoms with van der Waals surface area (Å²) >= 11 is 0. The molecule has 2 heterocycles. The van der Waals surface area contributed by atoms with Crippen LogP contribution in [-0.2, 0) is 14.3 Å². The van der Waals surface area contributed by atoms with Gasteiger partial charge in [0.1, 0.15) is 0 Å². The van der Waals surface area contributed by atoms with E-state index < -0.39 is 11.4 Å². The van der Waals surface area contributed by atoms with E-state index in [9.17, 15) is 14.7 Å². The first-order valence-corrected chi connectivity index (χ1v) is 7.16. The number of piperidine rings is 1. The van der Waals surface area contributed by atoms with Gasteiger partial charge < -0.3 is 14.7 Å². The van der Waals surface area contributed by atoms with E-state index >= 15 is 0 Å². The number of likely N-dealkylation sites (tertiary alicyclic amines) is 1. The quantitative estimate of drug-likeness (QED) is 0.840. The Hall–Kier alpha value is -1.10. The van der Waals surface area contributed by atoms with Crippen molar-refractivity contribution < 1.29 is 19.4 Å². The SMILES string of the molecule is CCC1(C(=O)O)CCN(C(=O)C[C@H]2CCOC2)CC1. The van der Waals surface area contributed by atoms with Crippen LogP contribution in [0.25, 0.3) is 0 Å². The van der Waals surface area contributed by atoms with Gasteiger partial charge in [0.2, 0.25) is 5.91 Å². The number of nitrogens with zero attached hydrogens (tertiary/aromatic N) is 1. The first-order chi connectivity index (χ1) is 9.07. The lowest BCUT2D eigenvalue weighted by Crippen LogP contribution is -2.46. The minimum atomic E-state index is -0.716. The standard InChI is InChI=1S/C14H23NO4/c1-2-14(13(17)18)4-6-15(7-5-14)12(16)9-11-3-8-19-10-11/h11H,2-10H2,1H3,(H,17,18)/t11-/m1/s1. The van der Waals surface area contributed by atoms with Crippen LogP contribution in [0.1, 0.15) is 39.0 Å². The molecule has 0 aromatic carbocycles. The van der Waals surface area contributed by atoms with Crippen LogP contribution in [0.4, 0.5) is 0 Å². The number of carbonyl (C=O) groups is 2. The Morgan fingerprint density at radius 1 is 1.37 bits per heavy atom. The molecule has 2 aliphatic heterocycles. The lowest BCUT2D eigenvalue weighted by Gasteiger charge is -2.38. The van der Waals surface area contributed by atoms with Crippen molar-refractivity contribution in [2.24, 2.45) is 11.3 Å². The summed E-state index contributed by atoms with van der Waals surface area (Å²) in [4.78, 5) is 25.3. The van der Waals surface area contributed by atoms with Gasteiger partial charge in [0, 0.05) is 32.7 Å². The number of carbonyl (C=O) groups excluding carboxylic acids is 1. The Bertz CT molecular complexity index is 341. The van der Waals surface area contributed by atoms with Gasteiger partial charge in [-0.1, -0.05) is 6.92 Å². The van der Waals surface area contributed by atoms with Crippen molar-refractivity contribution in [3.63, 3.8) is 0 Å². The molecule has 0 aliphatic carbocycles. The van der Waals surface area contributed by atoms with Crippen molar-refractivity contribution in [1.82, 2.24) is 4.90 Å². The summed E-state index contributed by atoms with van der Waals surface area (Å²) < 4.78 is 5.28. The maximum atomic E-state index is 12.1. The number of carboxylic acid groups (broad SMARTS) is 1. The van der Waals surface area contributed by atoms with Gasteiger partial charge in [0.05, 0.1) is 5.41 Å². The summed E-state index contributed by atoms with van der Waals surface area (Å²) in [6, 6.07) is 0. The summed E-state index contributed by atoms with van der Waals surface area (Å²) in [7, 11) is 0. The van der Waals surface area contributed by atoms with Crippen LogP contribution >= 0.6 is 0 Å². The van der Waals surface area contributed by atoms with E-state index in [1.54, 1.807) is 0 Å². The number of hydrogen-bond donors (Lipinski definition) is 1. The molecule has 5 nitrogen and oxygen atoms in total. The molecule has 0 unspecified atom stereocenters. The van der Waals surface area contributed by atoms with Gasteiger partial charge in [0.15, 0.2) is 0 Å². The summed E-state index contributed by atoms with van der Waals surface area (Å²) in [5.74, 6) is -0.207. The van der Waals surface area contributed by atoms with Crippen molar-refractivity contribution >= 4 is 11.9 Å². The Morgan fingerprint density at radius 2 is 2.05 bits per heavy atom. The molecule has 2 rings (SSSR count). The normalized spacial score (nSPS) is 26.4. The van der Waals surface area contributed by atoms with Gasteiger partial charge in [0.25, 0.3) is 0 Å². The van der Waals surface area contributed by atoms with Crippen LogP contribution in [0.2, 0.25) is 0 Å². The Balaban J connectivity index is 1.85. The van der Waals surface area contributed by atoms with E-state index in [4.69, 9.17) is 4.74 Å². The molecule has 5 heteroatoms. The molecule has 0 saturated carbocycles. The molecule has 0 aromatic heterocycles. The summed E-state index contributed by atoms with van der Waals surface area (Å²) in [6.45, 7) is 4.52. The Labute approximate surface area is 113 Å². The van der Waals surface area contributed by atoms with E-state index in [2.05, 4.69) is 0 Å². The largest absolute Gasteiger partial charge is 0.481 e. The molecule has 2 fully saturated rings. The zero-order chi connectivity index (χ0) is 13.9. The van der Waals surface area contributed by atoms with Crippen LogP contribution in [-0.4, -0.2) is 48.2 Å². The van der Waals surface area contributed by atoms with E-state index in [0.717, 1.165) is 13.0 Å². The smallest absolute Gasteiger partial charge is 0.309 e. The van der Waals surface area contributed by atoms with Crippen LogP contribution in [0, 0.1) is 11.3 Å². The number of aliphatic carboxylic acids is 1. The topological polar surface area (TPSA) is 66.8 Å². The van der Waals surface area contributed by atoms with Crippen LogP contribution < -0.4 is 0 Å². The molecule has 0 bridgehead atoms. The predicted molar refractivity (Wildman–Crippen MR) is 69.7 cm³/mol. The zero-order valence-corrected chi connectivity index (χ0v) is 11.6. The third kappa shape index (κ3) is 3.08. The van der Waals surface area contributed by atoms with E-state index in [0.29, 0.717) is 51.3 Å². The molecule has 108 valence electrons. The lowest BCUT2D eigenvalue weighted by molar-refractivity contribution is -0.154. The molecule has 2 saturated heterocycles. The fraction of sp³-hybridized carbons (Fsp3) is 0.857. The van der Waals surface area contributed by atoms with E-state index in [-0.39, 0.29) is 5.91 Å². The fourth-order valence-corrected chi connectivity index (χ4v) is 3.02. The molecular formula is C14H23NO4. The Morgan fingerprint density at radius 3 is 2.53 bits per heavy atom. The zero-order valence-electron chi connectivity index (χ0n) is 11.6. The first kappa shape index (κ1) is 14.3. The fourth-order valence-electron chi connectivity index (χ4n) is 3.02. The van der Waals surface area contributed by atoms with Crippen LogP contribution in [0.5, 0.6) is 0 Å². The second kappa shape index (κ2) is 5.90. The number of hydrogen-bond acceptors (Lipinski definition) is 3. The maximum absolute atomic E-state index is 12.1. The van der Waals surface area contributed by atoms with E-state index in [1.165, 1.54) is 0 Å². The van der Waals surface area contributed by atoms with Gasteiger partial charge in [-0.15, -0.1) is 0 Å². The lowest BCUT2D eigenvalue weighted by atomic mass is 9.76. The molecular weight excluding hydrogens is 246 g/mol. The van der Waals surface area contributed by atoms with Gasteiger partial charge in [-0.3, -0.25) is 9.59 Å². The van der Waals surface area contributed by atoms with Gasteiger partial charge >= 0.3 is 5.97 Å². The van der Waals surface area contributed by atoms with Gasteiger partial charge in [-0.25, -0.2) is 0 Å². The average Bonchev–Trinajstić information content (AvgIpc) is 2.91. The maximum Gasteiger partial charge on any atom is 0.309 e. The second-order valence-corrected chi connectivity index (χ2v) is 5.75.